The topological polar surface area (TPSA) is 73.9 Å². The predicted octanol–water partition coefficient (Wildman–Crippen LogP) is 5.25. The summed E-state index contributed by atoms with van der Waals surface area (Å²) in [6.45, 7) is 2.33. The number of fused-ring (bicyclic) bond motifs is 1. The van der Waals surface area contributed by atoms with Crippen molar-refractivity contribution >= 4 is 34.3 Å². The fourth-order valence-electron chi connectivity index (χ4n) is 3.60. The summed E-state index contributed by atoms with van der Waals surface area (Å²) in [4.78, 5) is 26.6. The Hall–Kier alpha value is -2.80. The second-order valence-corrected chi connectivity index (χ2v) is 8.45. The molecule has 0 atom stereocenters. The molecule has 3 rings (SSSR count). The number of ether oxygens (including phenoxy) is 3. The molecule has 0 spiro atoms. The zero-order valence-corrected chi connectivity index (χ0v) is 19.1. The van der Waals surface area contributed by atoms with Gasteiger partial charge < -0.3 is 19.5 Å². The summed E-state index contributed by atoms with van der Waals surface area (Å²) < 4.78 is 16.0. The highest BCUT2D eigenvalue weighted by molar-refractivity contribution is 7.17. The van der Waals surface area contributed by atoms with Crippen LogP contribution < -0.4 is 14.8 Å². The van der Waals surface area contributed by atoms with Crippen molar-refractivity contribution in [2.45, 2.75) is 45.4 Å². The number of thiophene rings is 1. The average molecular weight is 444 g/mol. The first-order valence-corrected chi connectivity index (χ1v) is 11.4. The Balaban J connectivity index is 1.80. The third kappa shape index (κ3) is 5.67. The first-order valence-electron chi connectivity index (χ1n) is 10.6. The van der Waals surface area contributed by atoms with Crippen LogP contribution in [-0.2, 0) is 22.4 Å². The summed E-state index contributed by atoms with van der Waals surface area (Å²) in [7, 11) is 3.14. The molecular weight excluding hydrogens is 414 g/mol. The standard InChI is InChI=1S/C24H29NO5S/c1-4-14-30-24(27)22-17-8-6-5-7-9-20(17)31-23(22)25-21(26)13-11-16-10-12-18(28-2)19(15-16)29-3/h10-13,15H,4-9,14H2,1-3H3,(H,25,26)/b13-11+. The highest BCUT2D eigenvalue weighted by Gasteiger charge is 2.26. The number of rotatable bonds is 8. The number of anilines is 1. The fourth-order valence-corrected chi connectivity index (χ4v) is 4.88. The van der Waals surface area contributed by atoms with Crippen molar-refractivity contribution in [3.8, 4) is 11.5 Å². The first kappa shape index (κ1) is 22.9. The molecule has 166 valence electrons. The van der Waals surface area contributed by atoms with Gasteiger partial charge in [-0.25, -0.2) is 4.79 Å². The maximum atomic E-state index is 12.8. The zero-order valence-electron chi connectivity index (χ0n) is 18.3. The van der Waals surface area contributed by atoms with Crippen LogP contribution in [0.1, 0.15) is 59.0 Å². The third-order valence-corrected chi connectivity index (χ3v) is 6.34. The number of hydrogen-bond acceptors (Lipinski definition) is 6. The van der Waals surface area contributed by atoms with Gasteiger partial charge in [-0.1, -0.05) is 19.4 Å². The molecule has 0 unspecified atom stereocenters. The minimum Gasteiger partial charge on any atom is -0.493 e. The molecule has 31 heavy (non-hydrogen) atoms. The van der Waals surface area contributed by atoms with Crippen LogP contribution in [0.25, 0.3) is 6.08 Å². The maximum Gasteiger partial charge on any atom is 0.341 e. The largest absolute Gasteiger partial charge is 0.493 e. The Kier molecular flexibility index (Phi) is 8.12. The lowest BCUT2D eigenvalue weighted by atomic mass is 10.1. The second-order valence-electron chi connectivity index (χ2n) is 7.34. The van der Waals surface area contributed by atoms with Crippen LogP contribution >= 0.6 is 11.3 Å². The highest BCUT2D eigenvalue weighted by atomic mass is 32.1. The van der Waals surface area contributed by atoms with Crippen molar-refractivity contribution in [1.29, 1.82) is 0 Å². The number of esters is 1. The molecule has 0 saturated heterocycles. The fraction of sp³-hybridized carbons (Fsp3) is 0.417. The highest BCUT2D eigenvalue weighted by Crippen LogP contribution is 2.38. The van der Waals surface area contributed by atoms with E-state index >= 15 is 0 Å². The lowest BCUT2D eigenvalue weighted by Gasteiger charge is -2.08. The number of carbonyl (C=O) groups is 2. The number of amides is 1. The van der Waals surface area contributed by atoms with Crippen LogP contribution in [0, 0.1) is 0 Å². The van der Waals surface area contributed by atoms with Crippen LogP contribution in [0.5, 0.6) is 11.5 Å². The van der Waals surface area contributed by atoms with E-state index in [0.717, 1.165) is 49.7 Å². The van der Waals surface area contributed by atoms with Gasteiger partial charge in [-0.15, -0.1) is 11.3 Å². The summed E-state index contributed by atoms with van der Waals surface area (Å²) in [5.74, 6) is 0.573. The molecule has 1 aromatic carbocycles. The van der Waals surface area contributed by atoms with E-state index in [9.17, 15) is 9.59 Å². The maximum absolute atomic E-state index is 12.8. The van der Waals surface area contributed by atoms with Gasteiger partial charge in [0, 0.05) is 11.0 Å². The molecule has 1 aliphatic carbocycles. The van der Waals surface area contributed by atoms with Gasteiger partial charge in [-0.05, 0) is 61.4 Å². The minimum absolute atomic E-state index is 0.296. The molecule has 1 amide bonds. The molecule has 2 aromatic rings. The molecule has 0 saturated carbocycles. The second kappa shape index (κ2) is 11.0. The number of methoxy groups -OCH3 is 2. The van der Waals surface area contributed by atoms with E-state index in [2.05, 4.69) is 5.32 Å². The number of carbonyl (C=O) groups excluding carboxylic acids is 2. The van der Waals surface area contributed by atoms with Crippen LogP contribution in [-0.4, -0.2) is 32.7 Å². The van der Waals surface area contributed by atoms with E-state index in [1.165, 1.54) is 22.3 Å². The zero-order chi connectivity index (χ0) is 22.2. The Bertz CT molecular complexity index is 963. The van der Waals surface area contributed by atoms with Gasteiger partial charge in [0.15, 0.2) is 11.5 Å². The van der Waals surface area contributed by atoms with E-state index in [1.54, 1.807) is 32.4 Å². The smallest absolute Gasteiger partial charge is 0.341 e. The minimum atomic E-state index is -0.347. The molecule has 0 aliphatic heterocycles. The quantitative estimate of drug-likeness (QED) is 0.343. The van der Waals surface area contributed by atoms with E-state index in [4.69, 9.17) is 14.2 Å². The molecule has 0 radical (unpaired) electrons. The van der Waals surface area contributed by atoms with Gasteiger partial charge in [0.05, 0.1) is 26.4 Å². The predicted molar refractivity (Wildman–Crippen MR) is 123 cm³/mol. The summed E-state index contributed by atoms with van der Waals surface area (Å²) in [5, 5.41) is 3.48. The lowest BCUT2D eigenvalue weighted by Crippen LogP contribution is -2.13. The Morgan fingerprint density at radius 1 is 1.10 bits per heavy atom. The monoisotopic (exact) mass is 443 g/mol. The molecule has 0 bridgehead atoms. The normalized spacial score (nSPS) is 13.4. The summed E-state index contributed by atoms with van der Waals surface area (Å²) in [6.07, 6.45) is 8.99. The average Bonchev–Trinajstić information content (AvgIpc) is 2.95. The van der Waals surface area contributed by atoms with Gasteiger partial charge in [0.25, 0.3) is 0 Å². The van der Waals surface area contributed by atoms with Gasteiger partial charge >= 0.3 is 5.97 Å². The Morgan fingerprint density at radius 3 is 2.61 bits per heavy atom. The lowest BCUT2D eigenvalue weighted by molar-refractivity contribution is -0.111. The molecule has 1 N–H and O–H groups in total. The van der Waals surface area contributed by atoms with Crippen LogP contribution in [0.2, 0.25) is 0 Å². The third-order valence-electron chi connectivity index (χ3n) is 5.13. The number of benzene rings is 1. The van der Waals surface area contributed by atoms with Gasteiger partial charge in [0.1, 0.15) is 5.00 Å². The number of hydrogen-bond donors (Lipinski definition) is 1. The molecule has 1 aliphatic rings. The summed E-state index contributed by atoms with van der Waals surface area (Å²) >= 11 is 1.49. The van der Waals surface area contributed by atoms with Crippen molar-refractivity contribution < 1.29 is 23.8 Å². The van der Waals surface area contributed by atoms with Gasteiger partial charge in [-0.3, -0.25) is 4.79 Å². The van der Waals surface area contributed by atoms with E-state index in [0.29, 0.717) is 28.7 Å². The Labute approximate surface area is 187 Å². The molecule has 0 fully saturated rings. The molecule has 6 nitrogen and oxygen atoms in total. The molecule has 1 heterocycles. The van der Waals surface area contributed by atoms with E-state index < -0.39 is 0 Å². The molecular formula is C24H29NO5S. The molecule has 1 aromatic heterocycles. The van der Waals surface area contributed by atoms with Crippen molar-refractivity contribution in [2.24, 2.45) is 0 Å². The van der Waals surface area contributed by atoms with Crippen LogP contribution in [0.15, 0.2) is 24.3 Å². The SMILES string of the molecule is CCCOC(=O)c1c(NC(=O)/C=C/c2ccc(OC)c(OC)c2)sc2c1CCCCC2. The van der Waals surface area contributed by atoms with E-state index in [-0.39, 0.29) is 11.9 Å². The van der Waals surface area contributed by atoms with Crippen molar-refractivity contribution in [3.63, 3.8) is 0 Å². The Morgan fingerprint density at radius 2 is 1.87 bits per heavy atom. The first-order chi connectivity index (χ1) is 15.1. The van der Waals surface area contributed by atoms with Gasteiger partial charge in [0.2, 0.25) is 5.91 Å². The summed E-state index contributed by atoms with van der Waals surface area (Å²) in [6, 6.07) is 5.42. The number of nitrogens with one attached hydrogen (secondary N) is 1. The van der Waals surface area contributed by atoms with E-state index in [1.807, 2.05) is 13.0 Å². The molecule has 7 heteroatoms. The van der Waals surface area contributed by atoms with Crippen molar-refractivity contribution in [2.75, 3.05) is 26.1 Å². The van der Waals surface area contributed by atoms with Crippen LogP contribution in [0.3, 0.4) is 0 Å². The summed E-state index contributed by atoms with van der Waals surface area (Å²) in [5.41, 5.74) is 2.38. The number of aryl methyl sites for hydroxylation is 1. The van der Waals surface area contributed by atoms with Crippen molar-refractivity contribution in [3.05, 3.63) is 45.8 Å². The van der Waals surface area contributed by atoms with Gasteiger partial charge in [-0.2, -0.15) is 0 Å². The van der Waals surface area contributed by atoms with Crippen molar-refractivity contribution in [1.82, 2.24) is 0 Å². The van der Waals surface area contributed by atoms with Crippen LogP contribution in [0.4, 0.5) is 5.00 Å².